The van der Waals surface area contributed by atoms with E-state index in [4.69, 9.17) is 4.74 Å². The zero-order valence-corrected chi connectivity index (χ0v) is 13.2. The molecule has 0 saturated carbocycles. The zero-order valence-electron chi connectivity index (χ0n) is 12.4. The van der Waals surface area contributed by atoms with Crippen LogP contribution in [0.5, 0.6) is 0 Å². The largest absolute Gasteiger partial charge is 0.455 e. The van der Waals surface area contributed by atoms with Crippen molar-refractivity contribution >= 4 is 29.3 Å². The molecule has 4 nitrogen and oxygen atoms in total. The molecule has 1 aromatic rings. The molecule has 0 fully saturated rings. The average molecular weight is 295 g/mol. The molecule has 20 heavy (non-hydrogen) atoms. The number of carbonyl (C=O) groups is 2. The van der Waals surface area contributed by atoms with Gasteiger partial charge in [0.1, 0.15) is 0 Å². The molecule has 0 unspecified atom stereocenters. The normalized spacial score (nSPS) is 11.0. The Morgan fingerprint density at radius 3 is 2.60 bits per heavy atom. The highest BCUT2D eigenvalue weighted by atomic mass is 32.2. The number of carbonyl (C=O) groups excluding carboxylic acids is 2. The fourth-order valence-electron chi connectivity index (χ4n) is 1.38. The third-order valence-corrected chi connectivity index (χ3v) is 3.54. The Morgan fingerprint density at radius 2 is 2.00 bits per heavy atom. The van der Waals surface area contributed by atoms with Gasteiger partial charge in [-0.15, -0.1) is 11.8 Å². The number of hydrogen-bond acceptors (Lipinski definition) is 4. The van der Waals surface area contributed by atoms with E-state index < -0.39 is 0 Å². The van der Waals surface area contributed by atoms with Gasteiger partial charge in [-0.3, -0.25) is 9.59 Å². The van der Waals surface area contributed by atoms with Crippen LogP contribution in [-0.4, -0.2) is 29.0 Å². The van der Waals surface area contributed by atoms with E-state index in [-0.39, 0.29) is 29.0 Å². The molecule has 0 saturated heterocycles. The van der Waals surface area contributed by atoms with Gasteiger partial charge in [0.05, 0.1) is 5.75 Å². The number of anilines is 1. The van der Waals surface area contributed by atoms with Crippen LogP contribution >= 0.6 is 11.8 Å². The highest BCUT2D eigenvalue weighted by Crippen LogP contribution is 2.22. The number of benzene rings is 1. The van der Waals surface area contributed by atoms with Gasteiger partial charge < -0.3 is 10.1 Å². The summed E-state index contributed by atoms with van der Waals surface area (Å²) in [7, 11) is 0. The molecule has 0 aliphatic heterocycles. The quantitative estimate of drug-likeness (QED) is 0.848. The van der Waals surface area contributed by atoms with Crippen LogP contribution in [0.4, 0.5) is 5.69 Å². The summed E-state index contributed by atoms with van der Waals surface area (Å²) in [5, 5.41) is 2.69. The van der Waals surface area contributed by atoms with Crippen LogP contribution in [0.25, 0.3) is 0 Å². The molecule has 1 N–H and O–H groups in total. The minimum atomic E-state index is -0.371. The highest BCUT2D eigenvalue weighted by molar-refractivity contribution is 8.01. The van der Waals surface area contributed by atoms with Gasteiger partial charge in [0.2, 0.25) is 0 Å². The highest BCUT2D eigenvalue weighted by Gasteiger charge is 2.15. The molecular formula is C15H21NO3S. The molecule has 0 aliphatic carbocycles. The summed E-state index contributed by atoms with van der Waals surface area (Å²) >= 11 is 1.49. The van der Waals surface area contributed by atoms with E-state index >= 15 is 0 Å². The van der Waals surface area contributed by atoms with Crippen molar-refractivity contribution < 1.29 is 14.3 Å². The third-order valence-electron chi connectivity index (χ3n) is 2.29. The molecule has 0 aromatic heterocycles. The van der Waals surface area contributed by atoms with E-state index in [9.17, 15) is 9.59 Å². The summed E-state index contributed by atoms with van der Waals surface area (Å²) in [4.78, 5) is 23.1. The number of amides is 1. The first-order valence-corrected chi connectivity index (χ1v) is 7.41. The molecule has 1 aromatic carbocycles. The molecule has 1 amide bonds. The van der Waals surface area contributed by atoms with E-state index in [0.29, 0.717) is 5.69 Å². The number of hydrogen-bond donors (Lipinski definition) is 1. The minimum Gasteiger partial charge on any atom is -0.455 e. The summed E-state index contributed by atoms with van der Waals surface area (Å²) in [6, 6.07) is 7.45. The van der Waals surface area contributed by atoms with Crippen molar-refractivity contribution in [2.75, 3.05) is 17.7 Å². The summed E-state index contributed by atoms with van der Waals surface area (Å²) in [6.45, 7) is 7.76. The number of nitrogens with one attached hydrogen (secondary N) is 1. The lowest BCUT2D eigenvalue weighted by Gasteiger charge is -2.16. The van der Waals surface area contributed by atoms with E-state index in [1.165, 1.54) is 11.8 Å². The number of rotatable bonds is 5. The second kappa shape index (κ2) is 7.33. The van der Waals surface area contributed by atoms with Crippen molar-refractivity contribution in [3.63, 3.8) is 0 Å². The predicted octanol–water partition coefficient (Wildman–Crippen LogP) is 3.01. The van der Waals surface area contributed by atoms with Gasteiger partial charge in [0.15, 0.2) is 6.61 Å². The lowest BCUT2D eigenvalue weighted by Crippen LogP contribution is -2.22. The van der Waals surface area contributed by atoms with Gasteiger partial charge in [0.25, 0.3) is 5.91 Å². The Hall–Kier alpha value is -1.49. The topological polar surface area (TPSA) is 55.4 Å². The number of ether oxygens (including phenoxy) is 1. The molecule has 1 rings (SSSR count). The third kappa shape index (κ3) is 7.19. The summed E-state index contributed by atoms with van der Waals surface area (Å²) in [5.41, 5.74) is 1.76. The monoisotopic (exact) mass is 295 g/mol. The minimum absolute atomic E-state index is 0.00282. The van der Waals surface area contributed by atoms with E-state index in [0.717, 1.165) is 5.56 Å². The molecule has 110 valence electrons. The molecule has 5 heteroatoms. The maximum absolute atomic E-state index is 11.6. The van der Waals surface area contributed by atoms with Crippen LogP contribution in [0.1, 0.15) is 26.3 Å². The summed E-state index contributed by atoms with van der Waals surface area (Å²) in [5.74, 6) is -0.449. The van der Waals surface area contributed by atoms with Crippen molar-refractivity contribution in [2.24, 2.45) is 0 Å². The van der Waals surface area contributed by atoms with Gasteiger partial charge in [-0.1, -0.05) is 32.9 Å². The van der Waals surface area contributed by atoms with Crippen LogP contribution in [0, 0.1) is 6.92 Å². The van der Waals surface area contributed by atoms with E-state index in [1.807, 2.05) is 45.9 Å². The average Bonchev–Trinajstić information content (AvgIpc) is 2.33. The van der Waals surface area contributed by atoms with Crippen molar-refractivity contribution in [2.45, 2.75) is 32.4 Å². The molecule has 0 spiro atoms. The molecule has 0 heterocycles. The van der Waals surface area contributed by atoms with Crippen LogP contribution in [0.15, 0.2) is 24.3 Å². The standard InChI is InChI=1S/C15H21NO3S/c1-11-6-5-7-12(8-11)16-13(17)9-19-14(18)10-20-15(2,3)4/h5-8H,9-10H2,1-4H3,(H,16,17). The summed E-state index contributed by atoms with van der Waals surface area (Å²) in [6.07, 6.45) is 0. The SMILES string of the molecule is Cc1cccc(NC(=O)COC(=O)CSC(C)(C)C)c1. The fourth-order valence-corrected chi connectivity index (χ4v) is 2.02. The van der Waals surface area contributed by atoms with Gasteiger partial charge in [-0.2, -0.15) is 0 Å². The molecule has 0 aliphatic rings. The number of aryl methyl sites for hydroxylation is 1. The van der Waals surface area contributed by atoms with Gasteiger partial charge in [0, 0.05) is 10.4 Å². The van der Waals surface area contributed by atoms with Crippen molar-refractivity contribution in [3.8, 4) is 0 Å². The van der Waals surface area contributed by atoms with Crippen molar-refractivity contribution in [1.82, 2.24) is 0 Å². The van der Waals surface area contributed by atoms with Crippen LogP contribution in [0.2, 0.25) is 0 Å². The Morgan fingerprint density at radius 1 is 1.30 bits per heavy atom. The lowest BCUT2D eigenvalue weighted by molar-refractivity contribution is -0.144. The van der Waals surface area contributed by atoms with Gasteiger partial charge in [-0.25, -0.2) is 0 Å². The van der Waals surface area contributed by atoms with Crippen LogP contribution in [-0.2, 0) is 14.3 Å². The first-order chi connectivity index (χ1) is 9.26. The maximum atomic E-state index is 11.6. The molecule has 0 radical (unpaired) electrons. The molecular weight excluding hydrogens is 274 g/mol. The molecule has 0 bridgehead atoms. The van der Waals surface area contributed by atoms with Crippen LogP contribution in [0.3, 0.4) is 0 Å². The second-order valence-electron chi connectivity index (χ2n) is 5.48. The second-order valence-corrected chi connectivity index (χ2v) is 7.28. The Labute approximate surface area is 124 Å². The van der Waals surface area contributed by atoms with E-state index in [1.54, 1.807) is 6.07 Å². The number of esters is 1. The van der Waals surface area contributed by atoms with Crippen molar-refractivity contribution in [1.29, 1.82) is 0 Å². The maximum Gasteiger partial charge on any atom is 0.316 e. The van der Waals surface area contributed by atoms with Crippen molar-refractivity contribution in [3.05, 3.63) is 29.8 Å². The Bertz CT molecular complexity index is 480. The number of thioether (sulfide) groups is 1. The lowest BCUT2D eigenvalue weighted by atomic mass is 10.2. The first kappa shape index (κ1) is 16.6. The smallest absolute Gasteiger partial charge is 0.316 e. The Balaban J connectivity index is 2.31. The first-order valence-electron chi connectivity index (χ1n) is 6.42. The van der Waals surface area contributed by atoms with E-state index in [2.05, 4.69) is 5.32 Å². The van der Waals surface area contributed by atoms with Gasteiger partial charge in [-0.05, 0) is 24.6 Å². The fraction of sp³-hybridized carbons (Fsp3) is 0.467. The Kier molecular flexibility index (Phi) is 6.07. The predicted molar refractivity (Wildman–Crippen MR) is 83.0 cm³/mol. The van der Waals surface area contributed by atoms with Gasteiger partial charge >= 0.3 is 5.97 Å². The molecule has 0 atom stereocenters. The summed E-state index contributed by atoms with van der Waals surface area (Å²) < 4.78 is 4.93. The zero-order chi connectivity index (χ0) is 15.2. The van der Waals surface area contributed by atoms with Crippen LogP contribution < -0.4 is 5.32 Å².